The summed E-state index contributed by atoms with van der Waals surface area (Å²) in [6, 6.07) is 19.1. The quantitative estimate of drug-likeness (QED) is 0.579. The van der Waals surface area contributed by atoms with Crippen molar-refractivity contribution in [2.45, 2.75) is 26.9 Å². The average Bonchev–Trinajstić information content (AvgIpc) is 2.72. The molecule has 146 valence electrons. The average molecular weight is 384 g/mol. The SMILES string of the molecule is COC(=O)c1cccc(C)c1-c1ccc2c(c1)CN1CN2Cc2cc(C)ccc21. The molecule has 2 aliphatic rings. The second-order valence-electron chi connectivity index (χ2n) is 8.00. The third-order valence-electron chi connectivity index (χ3n) is 6.03. The Labute approximate surface area is 171 Å². The van der Waals surface area contributed by atoms with E-state index in [0.29, 0.717) is 5.56 Å². The minimum absolute atomic E-state index is 0.296. The summed E-state index contributed by atoms with van der Waals surface area (Å²) in [4.78, 5) is 17.2. The third kappa shape index (κ3) is 2.87. The number of ether oxygens (including phenoxy) is 1. The maximum atomic E-state index is 12.3. The van der Waals surface area contributed by atoms with Gasteiger partial charge in [0.1, 0.15) is 0 Å². The number of rotatable bonds is 2. The predicted molar refractivity (Wildman–Crippen MR) is 116 cm³/mol. The van der Waals surface area contributed by atoms with Gasteiger partial charge in [-0.3, -0.25) is 0 Å². The van der Waals surface area contributed by atoms with E-state index in [1.807, 2.05) is 25.1 Å². The van der Waals surface area contributed by atoms with E-state index < -0.39 is 0 Å². The van der Waals surface area contributed by atoms with Crippen LogP contribution in [0.3, 0.4) is 0 Å². The molecule has 0 unspecified atom stereocenters. The van der Waals surface area contributed by atoms with Crippen molar-refractivity contribution in [2.24, 2.45) is 0 Å². The first-order chi connectivity index (χ1) is 14.0. The molecule has 2 bridgehead atoms. The van der Waals surface area contributed by atoms with Gasteiger partial charge in [0.15, 0.2) is 0 Å². The van der Waals surface area contributed by atoms with Crippen LogP contribution in [0.2, 0.25) is 0 Å². The summed E-state index contributed by atoms with van der Waals surface area (Å²) in [5.41, 5.74) is 10.3. The number of methoxy groups -OCH3 is 1. The molecule has 0 aliphatic carbocycles. The Kier molecular flexibility index (Phi) is 4.09. The van der Waals surface area contributed by atoms with Crippen molar-refractivity contribution in [3.05, 3.63) is 82.4 Å². The number of carbonyl (C=O) groups excluding carboxylic acids is 1. The first-order valence-corrected chi connectivity index (χ1v) is 9.96. The van der Waals surface area contributed by atoms with Crippen LogP contribution in [-0.4, -0.2) is 19.7 Å². The molecule has 5 rings (SSSR count). The first-order valence-electron chi connectivity index (χ1n) is 9.96. The minimum atomic E-state index is -0.296. The lowest BCUT2D eigenvalue weighted by Crippen LogP contribution is -2.46. The van der Waals surface area contributed by atoms with Crippen molar-refractivity contribution in [3.8, 4) is 11.1 Å². The number of benzene rings is 3. The van der Waals surface area contributed by atoms with Crippen molar-refractivity contribution in [3.63, 3.8) is 0 Å². The Hall–Kier alpha value is -3.27. The highest BCUT2D eigenvalue weighted by molar-refractivity contribution is 5.98. The summed E-state index contributed by atoms with van der Waals surface area (Å²) in [6.45, 7) is 6.91. The van der Waals surface area contributed by atoms with Gasteiger partial charge in [0.2, 0.25) is 0 Å². The summed E-state index contributed by atoms with van der Waals surface area (Å²) in [5, 5.41) is 0. The minimum Gasteiger partial charge on any atom is -0.465 e. The van der Waals surface area contributed by atoms with Crippen LogP contribution in [0.4, 0.5) is 11.4 Å². The van der Waals surface area contributed by atoms with E-state index in [4.69, 9.17) is 4.74 Å². The van der Waals surface area contributed by atoms with E-state index in [-0.39, 0.29) is 5.97 Å². The second kappa shape index (κ2) is 6.66. The Morgan fingerprint density at radius 3 is 2.31 bits per heavy atom. The Balaban J connectivity index is 1.59. The first kappa shape index (κ1) is 17.8. The molecule has 0 radical (unpaired) electrons. The van der Waals surface area contributed by atoms with Crippen LogP contribution in [0.15, 0.2) is 54.6 Å². The molecule has 4 heteroatoms. The summed E-state index contributed by atoms with van der Waals surface area (Å²) in [5.74, 6) is -0.296. The summed E-state index contributed by atoms with van der Waals surface area (Å²) >= 11 is 0. The van der Waals surface area contributed by atoms with E-state index in [0.717, 1.165) is 36.4 Å². The Morgan fingerprint density at radius 1 is 0.897 bits per heavy atom. The monoisotopic (exact) mass is 384 g/mol. The van der Waals surface area contributed by atoms with Gasteiger partial charge in [0.25, 0.3) is 0 Å². The largest absolute Gasteiger partial charge is 0.465 e. The fourth-order valence-corrected chi connectivity index (χ4v) is 4.70. The zero-order chi connectivity index (χ0) is 20.1. The van der Waals surface area contributed by atoms with Crippen LogP contribution in [-0.2, 0) is 17.8 Å². The number of fused-ring (bicyclic) bond motifs is 6. The number of carbonyl (C=O) groups is 1. The Morgan fingerprint density at radius 2 is 1.59 bits per heavy atom. The standard InChI is InChI=1S/C25H24N2O2/c1-16-7-9-22-19(11-16)13-26-15-27(22)14-20-12-18(8-10-23(20)26)24-17(2)5-4-6-21(24)25(28)29-3/h4-12H,13-15H2,1-3H3. The van der Waals surface area contributed by atoms with Crippen LogP contribution in [0.25, 0.3) is 11.1 Å². The molecule has 4 nitrogen and oxygen atoms in total. The van der Waals surface area contributed by atoms with Gasteiger partial charge in [0, 0.05) is 24.5 Å². The van der Waals surface area contributed by atoms with E-state index in [2.05, 4.69) is 53.1 Å². The number of nitrogens with zero attached hydrogens (tertiary/aromatic N) is 2. The molecule has 0 aromatic heterocycles. The smallest absolute Gasteiger partial charge is 0.338 e. The molecule has 2 heterocycles. The van der Waals surface area contributed by atoms with Gasteiger partial charge in [-0.15, -0.1) is 0 Å². The molecule has 3 aromatic carbocycles. The molecule has 0 atom stereocenters. The van der Waals surface area contributed by atoms with Gasteiger partial charge in [-0.1, -0.05) is 35.9 Å². The highest BCUT2D eigenvalue weighted by Crippen LogP contribution is 2.40. The number of aryl methyl sites for hydroxylation is 2. The fourth-order valence-electron chi connectivity index (χ4n) is 4.70. The van der Waals surface area contributed by atoms with Crippen molar-refractivity contribution < 1.29 is 9.53 Å². The van der Waals surface area contributed by atoms with Crippen LogP contribution >= 0.6 is 0 Å². The summed E-state index contributed by atoms with van der Waals surface area (Å²) in [7, 11) is 1.43. The van der Waals surface area contributed by atoms with Gasteiger partial charge in [0.05, 0.1) is 19.3 Å². The molecule has 0 spiro atoms. The maximum absolute atomic E-state index is 12.3. The van der Waals surface area contributed by atoms with Crippen LogP contribution in [0.1, 0.15) is 32.6 Å². The molecule has 3 aromatic rings. The molecule has 0 amide bonds. The van der Waals surface area contributed by atoms with Crippen molar-refractivity contribution >= 4 is 17.3 Å². The topological polar surface area (TPSA) is 32.8 Å². The highest BCUT2D eigenvalue weighted by atomic mass is 16.5. The van der Waals surface area contributed by atoms with E-state index in [1.54, 1.807) is 0 Å². The molecule has 0 fully saturated rings. The molecular formula is C25H24N2O2. The van der Waals surface area contributed by atoms with Crippen molar-refractivity contribution in [1.29, 1.82) is 0 Å². The number of hydrogen-bond acceptors (Lipinski definition) is 4. The van der Waals surface area contributed by atoms with E-state index in [9.17, 15) is 4.79 Å². The van der Waals surface area contributed by atoms with Gasteiger partial charge in [-0.05, 0) is 65.9 Å². The lowest BCUT2D eigenvalue weighted by atomic mass is 9.92. The van der Waals surface area contributed by atoms with E-state index >= 15 is 0 Å². The zero-order valence-electron chi connectivity index (χ0n) is 17.0. The highest BCUT2D eigenvalue weighted by Gasteiger charge is 2.29. The molecule has 29 heavy (non-hydrogen) atoms. The lowest BCUT2D eigenvalue weighted by Gasteiger charge is -2.45. The van der Waals surface area contributed by atoms with Crippen LogP contribution in [0.5, 0.6) is 0 Å². The molecule has 0 N–H and O–H groups in total. The van der Waals surface area contributed by atoms with E-state index in [1.165, 1.54) is 35.2 Å². The van der Waals surface area contributed by atoms with Gasteiger partial charge < -0.3 is 14.5 Å². The molecular weight excluding hydrogens is 360 g/mol. The van der Waals surface area contributed by atoms with Crippen molar-refractivity contribution in [1.82, 2.24) is 0 Å². The normalized spacial score (nSPS) is 14.3. The number of esters is 1. The van der Waals surface area contributed by atoms with Gasteiger partial charge in [-0.2, -0.15) is 0 Å². The lowest BCUT2D eigenvalue weighted by molar-refractivity contribution is 0.0601. The number of hydrogen-bond donors (Lipinski definition) is 0. The fraction of sp³-hybridized carbons (Fsp3) is 0.240. The van der Waals surface area contributed by atoms with Crippen molar-refractivity contribution in [2.75, 3.05) is 23.6 Å². The molecule has 2 aliphatic heterocycles. The summed E-state index contributed by atoms with van der Waals surface area (Å²) in [6.07, 6.45) is 0. The second-order valence-corrected chi connectivity index (χ2v) is 8.00. The van der Waals surface area contributed by atoms with Crippen LogP contribution < -0.4 is 9.80 Å². The zero-order valence-corrected chi connectivity index (χ0v) is 17.0. The van der Waals surface area contributed by atoms with Gasteiger partial charge in [-0.25, -0.2) is 4.79 Å². The molecule has 0 saturated carbocycles. The molecule has 0 saturated heterocycles. The summed E-state index contributed by atoms with van der Waals surface area (Å²) < 4.78 is 5.02. The van der Waals surface area contributed by atoms with Crippen LogP contribution in [0, 0.1) is 13.8 Å². The van der Waals surface area contributed by atoms with Gasteiger partial charge >= 0.3 is 5.97 Å². The third-order valence-corrected chi connectivity index (χ3v) is 6.03. The predicted octanol–water partition coefficient (Wildman–Crippen LogP) is 5.05. The maximum Gasteiger partial charge on any atom is 0.338 e. The number of anilines is 2. The Bertz CT molecular complexity index is 1140.